The highest BCUT2D eigenvalue weighted by Gasteiger charge is 2.26. The number of benzene rings is 2. The minimum Gasteiger partial charge on any atom is -0.385 e. The van der Waals surface area contributed by atoms with Gasteiger partial charge in [-0.2, -0.15) is 0 Å². The van der Waals surface area contributed by atoms with E-state index in [1.54, 1.807) is 34.7 Å². The maximum absolute atomic E-state index is 13.6. The molecule has 3 aromatic heterocycles. The van der Waals surface area contributed by atoms with E-state index < -0.39 is 0 Å². The van der Waals surface area contributed by atoms with Crippen LogP contribution in [0.2, 0.25) is 10.0 Å². The number of hydrogen-bond acceptors (Lipinski definition) is 5. The molecule has 0 amide bonds. The van der Waals surface area contributed by atoms with Gasteiger partial charge in [0.15, 0.2) is 5.39 Å². The average molecular weight is 496 g/mol. The molecule has 0 aliphatic heterocycles. The Morgan fingerprint density at radius 3 is 2.62 bits per heavy atom. The lowest BCUT2D eigenvalue weighted by atomic mass is 10.2. The molecule has 172 valence electrons. The van der Waals surface area contributed by atoms with Crippen LogP contribution in [-0.2, 0) is 11.3 Å². The van der Waals surface area contributed by atoms with Gasteiger partial charge in [0.05, 0.1) is 33.8 Å². The van der Waals surface area contributed by atoms with Crippen LogP contribution in [0.1, 0.15) is 17.8 Å². The average Bonchev–Trinajstić information content (AvgIpc) is 3.12. The number of nitrogens with one attached hydrogen (secondary N) is 1. The van der Waals surface area contributed by atoms with E-state index in [1.165, 1.54) is 0 Å². The van der Waals surface area contributed by atoms with E-state index in [0.717, 1.165) is 5.56 Å². The van der Waals surface area contributed by atoms with Crippen molar-refractivity contribution in [3.05, 3.63) is 74.3 Å². The topological polar surface area (TPSA) is 88.4 Å². The summed E-state index contributed by atoms with van der Waals surface area (Å²) in [7, 11) is 1.64. The summed E-state index contributed by atoms with van der Waals surface area (Å²) in [4.78, 5) is 26.5. The third kappa shape index (κ3) is 3.94. The minimum atomic E-state index is -0.152. The first-order valence-corrected chi connectivity index (χ1v) is 11.5. The van der Waals surface area contributed by atoms with Crippen LogP contribution in [0.3, 0.4) is 0 Å². The van der Waals surface area contributed by atoms with Crippen LogP contribution in [0.4, 0.5) is 0 Å². The molecule has 0 bridgehead atoms. The summed E-state index contributed by atoms with van der Waals surface area (Å²) < 4.78 is 8.46. The highest BCUT2D eigenvalue weighted by atomic mass is 35.5. The van der Waals surface area contributed by atoms with Gasteiger partial charge < -0.3 is 4.74 Å². The minimum absolute atomic E-state index is 0.152. The Balaban J connectivity index is 1.78. The molecular weight excluding hydrogens is 475 g/mol. The highest BCUT2D eigenvalue weighted by Crippen LogP contribution is 2.25. The SMILES string of the molecule is COCCCn1c(C)[nH+]c2c(c1=O)c1nc3ccccc3nc1n2/N=C/c1ccc(Cl)c(Cl)c1. The number of para-hydroxylation sites is 2. The Morgan fingerprint density at radius 2 is 1.88 bits per heavy atom. The van der Waals surface area contributed by atoms with Gasteiger partial charge in [0.2, 0.25) is 11.5 Å². The van der Waals surface area contributed by atoms with Crippen molar-refractivity contribution >= 4 is 62.6 Å². The number of aryl methyl sites for hydroxylation is 1. The van der Waals surface area contributed by atoms with Crippen molar-refractivity contribution in [1.82, 2.24) is 19.2 Å². The van der Waals surface area contributed by atoms with Crippen LogP contribution in [0.5, 0.6) is 0 Å². The molecular formula is C24H21Cl2N6O2+. The van der Waals surface area contributed by atoms with Gasteiger partial charge in [0, 0.05) is 27.1 Å². The van der Waals surface area contributed by atoms with Crippen molar-refractivity contribution in [3.63, 3.8) is 0 Å². The third-order valence-corrected chi connectivity index (χ3v) is 6.34. The van der Waals surface area contributed by atoms with Crippen molar-refractivity contribution in [3.8, 4) is 0 Å². The second-order valence-electron chi connectivity index (χ2n) is 7.85. The normalized spacial score (nSPS) is 12.0. The fourth-order valence-electron chi connectivity index (χ4n) is 3.94. The van der Waals surface area contributed by atoms with Gasteiger partial charge >= 0.3 is 5.56 Å². The molecule has 0 radical (unpaired) electrons. The van der Waals surface area contributed by atoms with Gasteiger partial charge in [0.25, 0.3) is 5.65 Å². The van der Waals surface area contributed by atoms with Crippen molar-refractivity contribution in [2.75, 3.05) is 13.7 Å². The number of nitrogens with zero attached hydrogens (tertiary/aromatic N) is 5. The molecule has 34 heavy (non-hydrogen) atoms. The number of aromatic amines is 1. The zero-order chi connectivity index (χ0) is 23.8. The zero-order valence-corrected chi connectivity index (χ0v) is 20.1. The number of methoxy groups -OCH3 is 1. The van der Waals surface area contributed by atoms with Gasteiger partial charge in [-0.05, 0) is 29.8 Å². The van der Waals surface area contributed by atoms with E-state index in [9.17, 15) is 4.79 Å². The number of aromatic nitrogens is 5. The summed E-state index contributed by atoms with van der Waals surface area (Å²) >= 11 is 12.2. The maximum atomic E-state index is 13.6. The standard InChI is InChI=1S/C24H20Cl2N6O2/c1-14-28-22-20(24(33)31(14)10-5-11-34-2)21-23(30-19-7-4-3-6-18(19)29-21)32(22)27-13-15-8-9-16(25)17(26)12-15/h3-4,6-9,12-13H,5,10-11H2,1-2H3/p+1/b27-13+. The molecule has 0 spiro atoms. The number of fused-ring (bicyclic) bond motifs is 4. The van der Waals surface area contributed by atoms with Gasteiger partial charge in [-0.1, -0.05) is 41.4 Å². The molecule has 2 aromatic carbocycles. The number of hydrogen-bond donors (Lipinski definition) is 0. The molecule has 0 atom stereocenters. The molecule has 0 saturated carbocycles. The molecule has 0 unspecified atom stereocenters. The van der Waals surface area contributed by atoms with Crippen molar-refractivity contribution < 1.29 is 9.72 Å². The molecule has 0 aliphatic carbocycles. The van der Waals surface area contributed by atoms with Gasteiger partial charge in [-0.3, -0.25) is 0 Å². The van der Waals surface area contributed by atoms with Gasteiger partial charge in [0.1, 0.15) is 5.52 Å². The summed E-state index contributed by atoms with van der Waals surface area (Å²) in [5.41, 5.74) is 3.50. The van der Waals surface area contributed by atoms with Crippen molar-refractivity contribution in [2.24, 2.45) is 5.10 Å². The van der Waals surface area contributed by atoms with Gasteiger partial charge in [-0.25, -0.2) is 24.3 Å². The summed E-state index contributed by atoms with van der Waals surface area (Å²) in [5.74, 6) is 0.701. The summed E-state index contributed by atoms with van der Waals surface area (Å²) in [5, 5.41) is 5.97. The smallest absolute Gasteiger partial charge is 0.323 e. The maximum Gasteiger partial charge on any atom is 0.323 e. The Hall–Kier alpha value is -3.33. The van der Waals surface area contributed by atoms with Crippen LogP contribution < -0.4 is 10.5 Å². The van der Waals surface area contributed by atoms with Crippen molar-refractivity contribution in [1.29, 1.82) is 0 Å². The van der Waals surface area contributed by atoms with E-state index in [0.29, 0.717) is 68.7 Å². The largest absolute Gasteiger partial charge is 0.385 e. The van der Waals surface area contributed by atoms with Crippen LogP contribution in [0.25, 0.3) is 33.2 Å². The first-order valence-electron chi connectivity index (χ1n) is 10.7. The second kappa shape index (κ2) is 9.13. The predicted molar refractivity (Wildman–Crippen MR) is 134 cm³/mol. The Bertz CT molecular complexity index is 1640. The molecule has 1 N–H and O–H groups in total. The molecule has 10 heteroatoms. The fraction of sp³-hybridized carbons (Fsp3) is 0.208. The van der Waals surface area contributed by atoms with E-state index in [1.807, 2.05) is 37.3 Å². The first-order chi connectivity index (χ1) is 16.5. The Morgan fingerprint density at radius 1 is 1.12 bits per heavy atom. The predicted octanol–water partition coefficient (Wildman–Crippen LogP) is 4.25. The van der Waals surface area contributed by atoms with Gasteiger partial charge in [-0.15, -0.1) is 9.78 Å². The lowest BCUT2D eigenvalue weighted by Gasteiger charge is -2.04. The zero-order valence-electron chi connectivity index (χ0n) is 18.5. The summed E-state index contributed by atoms with van der Waals surface area (Å²) in [6.07, 6.45) is 2.35. The molecule has 8 nitrogen and oxygen atoms in total. The lowest BCUT2D eigenvalue weighted by molar-refractivity contribution is -0.368. The van der Waals surface area contributed by atoms with Crippen LogP contribution in [-0.4, -0.2) is 39.1 Å². The number of rotatable bonds is 6. The Kier molecular flexibility index (Phi) is 6.03. The van der Waals surface area contributed by atoms with Crippen LogP contribution in [0, 0.1) is 6.92 Å². The molecule has 0 aliphatic rings. The number of halogens is 2. The molecule has 3 heterocycles. The molecule has 5 aromatic rings. The summed E-state index contributed by atoms with van der Waals surface area (Å²) in [6, 6.07) is 12.8. The lowest BCUT2D eigenvalue weighted by Crippen LogP contribution is -2.31. The summed E-state index contributed by atoms with van der Waals surface area (Å²) in [6.45, 7) is 2.94. The number of H-pyrrole nitrogens is 1. The quantitative estimate of drug-likeness (QED) is 0.260. The second-order valence-corrected chi connectivity index (χ2v) is 8.67. The monoisotopic (exact) mass is 495 g/mol. The molecule has 5 rings (SSSR count). The highest BCUT2D eigenvalue weighted by molar-refractivity contribution is 6.42. The fourth-order valence-corrected chi connectivity index (χ4v) is 4.25. The first kappa shape index (κ1) is 22.5. The van der Waals surface area contributed by atoms with E-state index in [-0.39, 0.29) is 5.56 Å². The third-order valence-electron chi connectivity index (χ3n) is 5.60. The molecule has 0 saturated heterocycles. The molecule has 0 fully saturated rings. The van der Waals surface area contributed by atoms with E-state index in [2.05, 4.69) is 10.1 Å². The van der Waals surface area contributed by atoms with Crippen LogP contribution in [0.15, 0.2) is 52.4 Å². The van der Waals surface area contributed by atoms with E-state index in [4.69, 9.17) is 37.9 Å². The Labute approximate surface area is 204 Å². The van der Waals surface area contributed by atoms with Crippen LogP contribution >= 0.6 is 23.2 Å². The number of ether oxygens (including phenoxy) is 1. The van der Waals surface area contributed by atoms with E-state index >= 15 is 0 Å². The van der Waals surface area contributed by atoms with Crippen molar-refractivity contribution in [2.45, 2.75) is 19.9 Å².